The number of anilines is 1. The number of unbranched alkanes of at least 4 members (excludes halogenated alkanes) is 1. The largest absolute Gasteiger partial charge is 0.465 e. The number of benzene rings is 1. The van der Waals surface area contributed by atoms with Crippen LogP contribution in [0, 0.1) is 0 Å². The van der Waals surface area contributed by atoms with Gasteiger partial charge in [0.05, 0.1) is 23.3 Å². The lowest BCUT2D eigenvalue weighted by atomic mass is 10.2. The first kappa shape index (κ1) is 22.8. The number of nitrogens with one attached hydrogen (secondary N) is 1. The highest BCUT2D eigenvalue weighted by Gasteiger charge is 2.32. The lowest BCUT2D eigenvalue weighted by molar-refractivity contribution is -0.122. The summed E-state index contributed by atoms with van der Waals surface area (Å²) in [5.41, 5.74) is 0.980. The average molecular weight is 459 g/mol. The summed E-state index contributed by atoms with van der Waals surface area (Å²) in [5, 5.41) is 2.75. The molecule has 162 valence electrons. The molecule has 0 saturated carbocycles. The van der Waals surface area contributed by atoms with Crippen LogP contribution in [0.5, 0.6) is 0 Å². The average Bonchev–Trinajstić information content (AvgIpc) is 3.35. The molecule has 0 atom stereocenters. The maximum Gasteiger partial charge on any atom is 0.338 e. The Morgan fingerprint density at radius 2 is 2.03 bits per heavy atom. The Bertz CT molecular complexity index is 984. The topological polar surface area (TPSA) is 88.9 Å². The van der Waals surface area contributed by atoms with E-state index in [4.69, 9.17) is 21.4 Å². The molecule has 0 spiro atoms. The van der Waals surface area contributed by atoms with Crippen LogP contribution >= 0.6 is 24.0 Å². The van der Waals surface area contributed by atoms with E-state index in [1.165, 1.54) is 22.9 Å². The van der Waals surface area contributed by atoms with Gasteiger partial charge in [0.1, 0.15) is 10.1 Å². The fourth-order valence-corrected chi connectivity index (χ4v) is 4.00. The van der Waals surface area contributed by atoms with Gasteiger partial charge in [-0.05, 0) is 42.8 Å². The van der Waals surface area contributed by atoms with Crippen LogP contribution in [0.15, 0.2) is 52.0 Å². The number of hydrogen-bond donors (Lipinski definition) is 1. The minimum atomic E-state index is -0.386. The Morgan fingerprint density at radius 3 is 2.71 bits per heavy atom. The molecule has 1 aliphatic rings. The molecule has 1 fully saturated rings. The molecule has 2 aromatic rings. The summed E-state index contributed by atoms with van der Waals surface area (Å²) >= 11 is 6.45. The molecule has 0 bridgehead atoms. The zero-order valence-electron chi connectivity index (χ0n) is 17.0. The van der Waals surface area contributed by atoms with Crippen LogP contribution in [0.2, 0.25) is 0 Å². The summed E-state index contributed by atoms with van der Waals surface area (Å²) in [5.74, 6) is -0.327. The van der Waals surface area contributed by atoms with E-state index in [0.29, 0.717) is 32.8 Å². The Balaban J connectivity index is 1.49. The molecule has 1 aromatic heterocycles. The van der Waals surface area contributed by atoms with Crippen molar-refractivity contribution in [3.8, 4) is 0 Å². The van der Waals surface area contributed by atoms with Crippen molar-refractivity contribution < 1.29 is 23.5 Å². The number of thiocarbonyl (C=S) groups is 1. The monoisotopic (exact) mass is 458 g/mol. The molecule has 1 N–H and O–H groups in total. The van der Waals surface area contributed by atoms with Crippen LogP contribution in [-0.2, 0) is 14.3 Å². The van der Waals surface area contributed by atoms with Crippen LogP contribution in [0.3, 0.4) is 0 Å². The lowest BCUT2D eigenvalue weighted by Crippen LogP contribution is -2.31. The van der Waals surface area contributed by atoms with Gasteiger partial charge in [0.2, 0.25) is 5.91 Å². The fourth-order valence-electron chi connectivity index (χ4n) is 2.71. The molecule has 1 aromatic carbocycles. The first-order valence-electron chi connectivity index (χ1n) is 9.84. The third-order valence-corrected chi connectivity index (χ3v) is 5.77. The van der Waals surface area contributed by atoms with Gasteiger partial charge in [0, 0.05) is 24.7 Å². The van der Waals surface area contributed by atoms with Gasteiger partial charge in [-0.15, -0.1) is 0 Å². The number of nitrogens with zero attached hydrogens (tertiary/aromatic N) is 1. The van der Waals surface area contributed by atoms with Crippen LogP contribution < -0.4 is 5.32 Å². The van der Waals surface area contributed by atoms with E-state index in [2.05, 4.69) is 5.32 Å². The minimum absolute atomic E-state index is 0.0846. The van der Waals surface area contributed by atoms with Crippen LogP contribution in [0.4, 0.5) is 5.69 Å². The molecular formula is C22H22N2O5S2. The van der Waals surface area contributed by atoms with E-state index in [-0.39, 0.29) is 30.7 Å². The van der Waals surface area contributed by atoms with E-state index < -0.39 is 0 Å². The normalized spacial score (nSPS) is 14.9. The molecule has 0 unspecified atom stereocenters. The smallest absolute Gasteiger partial charge is 0.338 e. The highest BCUT2D eigenvalue weighted by atomic mass is 32.2. The molecule has 0 radical (unpaired) electrons. The summed E-state index contributed by atoms with van der Waals surface area (Å²) < 4.78 is 10.8. The minimum Gasteiger partial charge on any atom is -0.465 e. The van der Waals surface area contributed by atoms with Crippen molar-refractivity contribution in [1.82, 2.24) is 4.90 Å². The third kappa shape index (κ3) is 6.28. The van der Waals surface area contributed by atoms with E-state index >= 15 is 0 Å². The van der Waals surface area contributed by atoms with E-state index in [1.807, 2.05) is 6.92 Å². The summed E-state index contributed by atoms with van der Waals surface area (Å²) in [6, 6.07) is 9.96. The molecule has 9 heteroatoms. The van der Waals surface area contributed by atoms with Crippen LogP contribution in [0.1, 0.15) is 42.3 Å². The summed E-state index contributed by atoms with van der Waals surface area (Å²) in [7, 11) is 0. The Labute approximate surface area is 189 Å². The van der Waals surface area contributed by atoms with Gasteiger partial charge in [0.15, 0.2) is 0 Å². The molecule has 2 heterocycles. The van der Waals surface area contributed by atoms with E-state index in [1.54, 1.807) is 42.5 Å². The van der Waals surface area contributed by atoms with E-state index in [0.717, 1.165) is 12.8 Å². The molecule has 1 saturated heterocycles. The molecule has 0 aliphatic carbocycles. The van der Waals surface area contributed by atoms with Crippen molar-refractivity contribution in [1.29, 1.82) is 0 Å². The van der Waals surface area contributed by atoms with Gasteiger partial charge in [-0.3, -0.25) is 14.5 Å². The highest BCUT2D eigenvalue weighted by molar-refractivity contribution is 8.26. The number of hydrogen-bond acceptors (Lipinski definition) is 7. The van der Waals surface area contributed by atoms with E-state index in [9.17, 15) is 14.4 Å². The summed E-state index contributed by atoms with van der Waals surface area (Å²) in [6.45, 7) is 2.59. The number of amides is 2. The second kappa shape index (κ2) is 10.9. The molecule has 7 nitrogen and oxygen atoms in total. The highest BCUT2D eigenvalue weighted by Crippen LogP contribution is 2.32. The Morgan fingerprint density at radius 1 is 1.26 bits per heavy atom. The van der Waals surface area contributed by atoms with Gasteiger partial charge in [-0.25, -0.2) is 4.79 Å². The standard InChI is InChI=1S/C22H22N2O5S2/c1-2-3-12-29-21(27)15-6-8-16(9-7-15)23-19(25)10-11-24-20(26)18(31-22(24)30)14-17-5-4-13-28-17/h4-9,13-14H,2-3,10-12H2,1H3,(H,23,25)/b18-14+. The van der Waals surface area contributed by atoms with Crippen molar-refractivity contribution in [2.45, 2.75) is 26.2 Å². The lowest BCUT2D eigenvalue weighted by Gasteiger charge is -2.14. The predicted molar refractivity (Wildman–Crippen MR) is 123 cm³/mol. The van der Waals surface area contributed by atoms with Gasteiger partial charge >= 0.3 is 5.97 Å². The third-order valence-electron chi connectivity index (χ3n) is 4.39. The fraction of sp³-hybridized carbons (Fsp3) is 0.273. The number of carbonyl (C=O) groups excluding carboxylic acids is 3. The van der Waals surface area contributed by atoms with Crippen LogP contribution in [0.25, 0.3) is 6.08 Å². The first-order valence-corrected chi connectivity index (χ1v) is 11.1. The first-order chi connectivity index (χ1) is 15.0. The summed E-state index contributed by atoms with van der Waals surface area (Å²) in [6.07, 6.45) is 5.02. The molecule has 2 amide bonds. The van der Waals surface area contributed by atoms with Gasteiger partial charge < -0.3 is 14.5 Å². The molecular weight excluding hydrogens is 436 g/mol. The number of ether oxygens (including phenoxy) is 1. The van der Waals surface area contributed by atoms with Gasteiger partial charge in [-0.1, -0.05) is 37.3 Å². The predicted octanol–water partition coefficient (Wildman–Crippen LogP) is 4.47. The number of esters is 1. The number of furan rings is 1. The van der Waals surface area contributed by atoms with Crippen molar-refractivity contribution in [3.63, 3.8) is 0 Å². The van der Waals surface area contributed by atoms with Crippen LogP contribution in [-0.4, -0.2) is 40.2 Å². The van der Waals surface area contributed by atoms with Crippen molar-refractivity contribution >= 4 is 57.8 Å². The second-order valence-corrected chi connectivity index (χ2v) is 8.39. The van der Waals surface area contributed by atoms with Crippen molar-refractivity contribution in [3.05, 3.63) is 58.9 Å². The number of rotatable bonds is 9. The molecule has 3 rings (SSSR count). The SMILES string of the molecule is CCCCOC(=O)c1ccc(NC(=O)CCN2C(=O)/C(=C\c3ccco3)SC2=S)cc1. The Kier molecular flexibility index (Phi) is 8.02. The zero-order valence-corrected chi connectivity index (χ0v) is 18.6. The van der Waals surface area contributed by atoms with Crippen molar-refractivity contribution in [2.24, 2.45) is 0 Å². The summed E-state index contributed by atoms with van der Waals surface area (Å²) in [4.78, 5) is 38.6. The maximum absolute atomic E-state index is 12.5. The zero-order chi connectivity index (χ0) is 22.2. The molecule has 1 aliphatic heterocycles. The van der Waals surface area contributed by atoms with Gasteiger partial charge in [-0.2, -0.15) is 0 Å². The second-order valence-electron chi connectivity index (χ2n) is 6.71. The van der Waals surface area contributed by atoms with Gasteiger partial charge in [0.25, 0.3) is 5.91 Å². The number of carbonyl (C=O) groups is 3. The maximum atomic E-state index is 12.5. The Hall–Kier alpha value is -2.91. The number of thioether (sulfide) groups is 1. The molecule has 31 heavy (non-hydrogen) atoms. The quantitative estimate of drug-likeness (QED) is 0.257. The van der Waals surface area contributed by atoms with Crippen molar-refractivity contribution in [2.75, 3.05) is 18.5 Å².